The van der Waals surface area contributed by atoms with Crippen LogP contribution in [0.25, 0.3) is 6.08 Å². The lowest BCUT2D eigenvalue weighted by atomic mass is 10.0. The van der Waals surface area contributed by atoms with Gasteiger partial charge in [-0.2, -0.15) is 5.26 Å². The van der Waals surface area contributed by atoms with E-state index in [0.717, 1.165) is 50.5 Å². The van der Waals surface area contributed by atoms with Gasteiger partial charge in [0.05, 0.1) is 4.91 Å². The van der Waals surface area contributed by atoms with Crippen LogP contribution in [0.3, 0.4) is 0 Å². The number of pyridine rings is 1. The van der Waals surface area contributed by atoms with E-state index in [1.807, 2.05) is 26.0 Å². The molecule has 0 atom stereocenters. The monoisotopic (exact) mass is 579 g/mol. The second-order valence-corrected chi connectivity index (χ2v) is 11.6. The molecule has 2 aliphatic heterocycles. The highest BCUT2D eigenvalue weighted by atomic mass is 32.2. The molecule has 4 rings (SSSR count). The third-order valence-electron chi connectivity index (χ3n) is 7.24. The number of thioether (sulfide) groups is 1. The molecule has 1 amide bonds. The Hall–Kier alpha value is -2.97. The number of carbonyl (C=O) groups is 1. The molecule has 0 unspecified atom stereocenters. The van der Waals surface area contributed by atoms with Gasteiger partial charge >= 0.3 is 0 Å². The fourth-order valence-corrected chi connectivity index (χ4v) is 6.46. The fraction of sp³-hybridized carbons (Fsp3) is 0.467. The van der Waals surface area contributed by atoms with Crippen molar-refractivity contribution in [2.24, 2.45) is 0 Å². The summed E-state index contributed by atoms with van der Waals surface area (Å²) in [6.07, 6.45) is 3.29. The average Bonchev–Trinajstić information content (AvgIpc) is 3.22. The average molecular weight is 580 g/mol. The van der Waals surface area contributed by atoms with Crippen LogP contribution in [0.2, 0.25) is 0 Å². The van der Waals surface area contributed by atoms with Crippen molar-refractivity contribution in [1.29, 1.82) is 5.26 Å². The molecule has 212 valence electrons. The number of thiocarbonyl (C=S) groups is 1. The molecule has 8 nitrogen and oxygen atoms in total. The summed E-state index contributed by atoms with van der Waals surface area (Å²) in [5, 5.41) is 9.91. The summed E-state index contributed by atoms with van der Waals surface area (Å²) in [4.78, 5) is 33.7. The summed E-state index contributed by atoms with van der Waals surface area (Å²) in [6, 6.07) is 12.5. The molecule has 2 aromatic rings. The number of anilines is 1. The molecular weight excluding hydrogens is 542 g/mol. The number of amides is 1. The zero-order valence-corrected chi connectivity index (χ0v) is 25.2. The second-order valence-electron chi connectivity index (χ2n) is 9.94. The Morgan fingerprint density at radius 3 is 2.48 bits per heavy atom. The minimum Gasteiger partial charge on any atom is -0.382 e. The van der Waals surface area contributed by atoms with Crippen molar-refractivity contribution < 1.29 is 9.53 Å². The first-order valence-corrected chi connectivity index (χ1v) is 15.1. The van der Waals surface area contributed by atoms with Gasteiger partial charge in [-0.05, 0) is 43.9 Å². The predicted molar refractivity (Wildman–Crippen MR) is 165 cm³/mol. The SMILES string of the molecule is CCCn1c(N2CCN(Cc3ccccc3)CC2)c(C=C2SC(=S)N(CCCOCC)C2=O)c(C)c(C#N)c1=O. The van der Waals surface area contributed by atoms with E-state index in [9.17, 15) is 14.9 Å². The maximum atomic E-state index is 13.5. The molecular formula is C30H37N5O3S2. The summed E-state index contributed by atoms with van der Waals surface area (Å²) in [5.74, 6) is 0.639. The maximum absolute atomic E-state index is 13.5. The Bertz CT molecular complexity index is 1360. The number of carbonyl (C=O) groups excluding carboxylic acids is 1. The number of nitriles is 1. The van der Waals surface area contributed by atoms with E-state index >= 15 is 0 Å². The number of nitrogens with zero attached hydrogens (tertiary/aromatic N) is 5. The highest BCUT2D eigenvalue weighted by Crippen LogP contribution is 2.36. The van der Waals surface area contributed by atoms with Gasteiger partial charge in [-0.15, -0.1) is 0 Å². The number of rotatable bonds is 11. The summed E-state index contributed by atoms with van der Waals surface area (Å²) in [5.41, 5.74) is 2.47. The Morgan fingerprint density at radius 1 is 1.10 bits per heavy atom. The number of aromatic nitrogens is 1. The van der Waals surface area contributed by atoms with Gasteiger partial charge in [0.15, 0.2) is 0 Å². The van der Waals surface area contributed by atoms with Crippen molar-refractivity contribution in [2.45, 2.75) is 46.7 Å². The molecule has 10 heteroatoms. The van der Waals surface area contributed by atoms with Crippen LogP contribution in [-0.2, 0) is 22.6 Å². The first kappa shape index (κ1) is 30.0. The van der Waals surface area contributed by atoms with E-state index in [1.54, 1.807) is 16.4 Å². The number of piperazine rings is 1. The fourth-order valence-electron chi connectivity index (χ4n) is 5.17. The molecule has 0 radical (unpaired) electrons. The summed E-state index contributed by atoms with van der Waals surface area (Å²) in [6.45, 7) is 12.0. The Balaban J connectivity index is 1.67. The molecule has 0 saturated carbocycles. The molecule has 1 aromatic heterocycles. The van der Waals surface area contributed by atoms with Gasteiger partial charge in [-0.1, -0.05) is 61.2 Å². The lowest BCUT2D eigenvalue weighted by Crippen LogP contribution is -2.48. The van der Waals surface area contributed by atoms with Crippen LogP contribution in [0.15, 0.2) is 40.0 Å². The van der Waals surface area contributed by atoms with Gasteiger partial charge in [0.2, 0.25) is 0 Å². The van der Waals surface area contributed by atoms with E-state index in [0.29, 0.717) is 47.5 Å². The van der Waals surface area contributed by atoms with E-state index < -0.39 is 0 Å². The van der Waals surface area contributed by atoms with Crippen LogP contribution in [0.4, 0.5) is 5.82 Å². The summed E-state index contributed by atoms with van der Waals surface area (Å²) < 4.78 is 7.67. The molecule has 1 aromatic carbocycles. The highest BCUT2D eigenvalue weighted by molar-refractivity contribution is 8.26. The largest absolute Gasteiger partial charge is 0.382 e. The Kier molecular flexibility index (Phi) is 10.6. The first-order valence-electron chi connectivity index (χ1n) is 13.9. The lowest BCUT2D eigenvalue weighted by molar-refractivity contribution is -0.122. The van der Waals surface area contributed by atoms with Gasteiger partial charge in [-0.25, -0.2) is 0 Å². The van der Waals surface area contributed by atoms with E-state index in [2.05, 4.69) is 40.1 Å². The van der Waals surface area contributed by atoms with Crippen LogP contribution < -0.4 is 10.5 Å². The van der Waals surface area contributed by atoms with Crippen LogP contribution >= 0.6 is 24.0 Å². The molecule has 0 aliphatic carbocycles. The predicted octanol–water partition coefficient (Wildman–Crippen LogP) is 4.39. The van der Waals surface area contributed by atoms with Crippen LogP contribution in [0.1, 0.15) is 48.9 Å². The molecule has 0 spiro atoms. The lowest BCUT2D eigenvalue weighted by Gasteiger charge is -2.38. The van der Waals surface area contributed by atoms with Crippen molar-refractivity contribution in [3.63, 3.8) is 0 Å². The number of hydrogen-bond donors (Lipinski definition) is 0. The number of ether oxygens (including phenoxy) is 1. The van der Waals surface area contributed by atoms with Crippen molar-refractivity contribution in [3.05, 3.63) is 67.8 Å². The number of hydrogen-bond acceptors (Lipinski definition) is 8. The standard InChI is InChI=1S/C30H37N5O3S2/c1-4-12-34-27(33-16-14-32(15-17-33)21-23-10-7-6-8-11-23)24(22(3)25(20-31)28(34)36)19-26-29(37)35(30(39)40-26)13-9-18-38-5-2/h6-8,10-11,19H,4-5,9,12-18,21H2,1-3H3. The molecule has 0 bridgehead atoms. The first-order chi connectivity index (χ1) is 19.4. The molecule has 2 aliphatic rings. The normalized spacial score (nSPS) is 17.2. The third kappa shape index (κ3) is 6.66. The van der Waals surface area contributed by atoms with Crippen LogP contribution in [-0.4, -0.2) is 70.5 Å². The summed E-state index contributed by atoms with van der Waals surface area (Å²) >= 11 is 6.82. The van der Waals surface area contributed by atoms with Gasteiger partial charge in [0, 0.05) is 64.6 Å². The highest BCUT2D eigenvalue weighted by Gasteiger charge is 2.33. The van der Waals surface area contributed by atoms with E-state index in [-0.39, 0.29) is 17.0 Å². The molecule has 2 saturated heterocycles. The molecule has 0 N–H and O–H groups in total. The third-order valence-corrected chi connectivity index (χ3v) is 8.62. The smallest absolute Gasteiger partial charge is 0.270 e. The molecule has 3 heterocycles. The minimum atomic E-state index is -0.274. The van der Waals surface area contributed by atoms with Crippen LogP contribution in [0, 0.1) is 18.3 Å². The quantitative estimate of drug-likeness (QED) is 0.220. The molecule has 40 heavy (non-hydrogen) atoms. The van der Waals surface area contributed by atoms with Crippen molar-refractivity contribution in [3.8, 4) is 6.07 Å². The Labute approximate surface area is 246 Å². The second kappa shape index (κ2) is 14.1. The van der Waals surface area contributed by atoms with Crippen LogP contribution in [0.5, 0.6) is 0 Å². The molecule has 2 fully saturated rings. The minimum absolute atomic E-state index is 0.123. The van der Waals surface area contributed by atoms with Crippen molar-refractivity contribution in [1.82, 2.24) is 14.4 Å². The van der Waals surface area contributed by atoms with Gasteiger partial charge in [0.25, 0.3) is 11.5 Å². The topological polar surface area (TPSA) is 81.8 Å². The van der Waals surface area contributed by atoms with E-state index in [4.69, 9.17) is 17.0 Å². The van der Waals surface area contributed by atoms with Gasteiger partial charge in [-0.3, -0.25) is 24.0 Å². The number of benzene rings is 1. The van der Waals surface area contributed by atoms with E-state index in [1.165, 1.54) is 17.3 Å². The Morgan fingerprint density at radius 2 is 1.82 bits per heavy atom. The zero-order valence-electron chi connectivity index (χ0n) is 23.5. The van der Waals surface area contributed by atoms with Gasteiger partial charge in [0.1, 0.15) is 21.8 Å². The summed E-state index contributed by atoms with van der Waals surface area (Å²) in [7, 11) is 0. The van der Waals surface area contributed by atoms with Gasteiger partial charge < -0.3 is 9.64 Å². The maximum Gasteiger partial charge on any atom is 0.270 e. The van der Waals surface area contributed by atoms with Crippen molar-refractivity contribution in [2.75, 3.05) is 50.8 Å². The zero-order chi connectivity index (χ0) is 28.6. The van der Waals surface area contributed by atoms with Crippen molar-refractivity contribution >= 4 is 46.1 Å².